The van der Waals surface area contributed by atoms with Crippen LogP contribution in [0.15, 0.2) is 29.2 Å². The summed E-state index contributed by atoms with van der Waals surface area (Å²) >= 11 is 2.76. The zero-order valence-corrected chi connectivity index (χ0v) is 15.7. The van der Waals surface area contributed by atoms with Crippen molar-refractivity contribution in [1.82, 2.24) is 4.98 Å². The smallest absolute Gasteiger partial charge is 0.226 e. The first-order chi connectivity index (χ1) is 11.8. The van der Waals surface area contributed by atoms with Gasteiger partial charge in [-0.2, -0.15) is 0 Å². The Labute approximate surface area is 154 Å². The third-order valence-corrected chi connectivity index (χ3v) is 5.96. The maximum absolute atomic E-state index is 12.8. The van der Waals surface area contributed by atoms with Crippen molar-refractivity contribution >= 4 is 39.9 Å². The van der Waals surface area contributed by atoms with E-state index < -0.39 is 0 Å². The normalized spacial score (nSPS) is 15.7. The number of amides is 1. The van der Waals surface area contributed by atoms with Crippen LogP contribution in [-0.2, 0) is 11.2 Å². The van der Waals surface area contributed by atoms with Gasteiger partial charge in [0.1, 0.15) is 5.82 Å². The number of halogens is 1. The third kappa shape index (κ3) is 4.67. The summed E-state index contributed by atoms with van der Waals surface area (Å²) in [5.74, 6) is 0.296. The standard InChI is InChI=1S/C18H19FN2O2S2/c1-18(2)9-13-16(14(22)10-18)25-17(20-13)21-15(23)7-8-24-12-5-3-11(19)4-6-12/h3-6H,7-10H2,1-2H3,(H,20,21,23). The number of hydrogen-bond donors (Lipinski definition) is 1. The number of rotatable bonds is 5. The second-order valence-electron chi connectivity index (χ2n) is 6.84. The molecule has 0 bridgehead atoms. The number of fused-ring (bicyclic) bond motifs is 1. The number of thiazole rings is 1. The molecule has 0 atom stereocenters. The van der Waals surface area contributed by atoms with Crippen LogP contribution < -0.4 is 5.32 Å². The van der Waals surface area contributed by atoms with Crippen molar-refractivity contribution in [2.45, 2.75) is 38.0 Å². The molecule has 0 saturated heterocycles. The van der Waals surface area contributed by atoms with Gasteiger partial charge in [-0.25, -0.2) is 9.37 Å². The van der Waals surface area contributed by atoms with Crippen molar-refractivity contribution in [3.8, 4) is 0 Å². The molecular weight excluding hydrogens is 359 g/mol. The number of Topliss-reactive ketones (excluding diaryl/α,β-unsaturated/α-hetero) is 1. The fourth-order valence-electron chi connectivity index (χ4n) is 2.75. The van der Waals surface area contributed by atoms with Crippen LogP contribution >= 0.6 is 23.1 Å². The minimum absolute atomic E-state index is 0.0781. The summed E-state index contributed by atoms with van der Waals surface area (Å²) in [4.78, 5) is 30.3. The molecule has 0 fully saturated rings. The van der Waals surface area contributed by atoms with Crippen LogP contribution in [0.3, 0.4) is 0 Å². The predicted octanol–water partition coefficient (Wildman–Crippen LogP) is 4.56. The fourth-order valence-corrected chi connectivity index (χ4v) is 4.54. The highest BCUT2D eigenvalue weighted by atomic mass is 32.2. The van der Waals surface area contributed by atoms with Crippen LogP contribution in [0.25, 0.3) is 0 Å². The molecule has 3 rings (SSSR count). The maximum atomic E-state index is 12.8. The second kappa shape index (κ2) is 7.25. The van der Waals surface area contributed by atoms with Crippen LogP contribution in [0.5, 0.6) is 0 Å². The number of thioether (sulfide) groups is 1. The lowest BCUT2D eigenvalue weighted by Crippen LogP contribution is -2.26. The number of carbonyl (C=O) groups is 2. The average Bonchev–Trinajstić information content (AvgIpc) is 2.90. The van der Waals surface area contributed by atoms with Gasteiger partial charge in [-0.15, -0.1) is 11.8 Å². The van der Waals surface area contributed by atoms with E-state index in [0.717, 1.165) is 17.0 Å². The summed E-state index contributed by atoms with van der Waals surface area (Å²) in [6.07, 6.45) is 1.59. The molecule has 1 amide bonds. The third-order valence-electron chi connectivity index (χ3n) is 3.89. The van der Waals surface area contributed by atoms with Gasteiger partial charge in [0.15, 0.2) is 10.9 Å². The van der Waals surface area contributed by atoms with Gasteiger partial charge in [0.25, 0.3) is 0 Å². The summed E-state index contributed by atoms with van der Waals surface area (Å²) in [7, 11) is 0. The zero-order chi connectivity index (χ0) is 18.0. The first-order valence-electron chi connectivity index (χ1n) is 8.03. The van der Waals surface area contributed by atoms with Gasteiger partial charge >= 0.3 is 0 Å². The Kier molecular flexibility index (Phi) is 5.24. The molecule has 7 heteroatoms. The molecule has 0 radical (unpaired) electrons. The molecule has 1 N–H and O–H groups in total. The van der Waals surface area contributed by atoms with Crippen molar-refractivity contribution in [3.05, 3.63) is 40.7 Å². The lowest BCUT2D eigenvalue weighted by Gasteiger charge is -2.26. The largest absolute Gasteiger partial charge is 0.302 e. The van der Waals surface area contributed by atoms with Gasteiger partial charge in [-0.05, 0) is 36.1 Å². The van der Waals surface area contributed by atoms with E-state index >= 15 is 0 Å². The van der Waals surface area contributed by atoms with E-state index in [1.807, 2.05) is 0 Å². The van der Waals surface area contributed by atoms with E-state index in [-0.39, 0.29) is 22.9 Å². The Bertz CT molecular complexity index is 800. The summed E-state index contributed by atoms with van der Waals surface area (Å²) in [5, 5.41) is 3.28. The quantitative estimate of drug-likeness (QED) is 0.775. The molecule has 0 saturated carbocycles. The van der Waals surface area contributed by atoms with Crippen LogP contribution in [0.4, 0.5) is 9.52 Å². The average molecular weight is 378 g/mol. The maximum Gasteiger partial charge on any atom is 0.226 e. The molecule has 0 spiro atoms. The van der Waals surface area contributed by atoms with E-state index in [1.54, 1.807) is 12.1 Å². The van der Waals surface area contributed by atoms with Crippen molar-refractivity contribution in [1.29, 1.82) is 0 Å². The number of nitrogens with one attached hydrogen (secondary N) is 1. The number of aromatic nitrogens is 1. The lowest BCUT2D eigenvalue weighted by atomic mass is 9.78. The van der Waals surface area contributed by atoms with Crippen LogP contribution in [0.1, 0.15) is 42.1 Å². The Hall–Kier alpha value is -1.73. The van der Waals surface area contributed by atoms with E-state index in [1.165, 1.54) is 35.2 Å². The van der Waals surface area contributed by atoms with Crippen LogP contribution in [-0.4, -0.2) is 22.4 Å². The number of anilines is 1. The Balaban J connectivity index is 1.53. The highest BCUT2D eigenvalue weighted by Gasteiger charge is 2.34. The Morgan fingerprint density at radius 3 is 2.76 bits per heavy atom. The first kappa shape index (κ1) is 18.1. The molecule has 0 aliphatic heterocycles. The van der Waals surface area contributed by atoms with Gasteiger partial charge < -0.3 is 5.32 Å². The van der Waals surface area contributed by atoms with Gasteiger partial charge in [0.05, 0.1) is 10.6 Å². The minimum Gasteiger partial charge on any atom is -0.302 e. The van der Waals surface area contributed by atoms with Gasteiger partial charge in [-0.1, -0.05) is 25.2 Å². The van der Waals surface area contributed by atoms with Gasteiger partial charge in [0.2, 0.25) is 5.91 Å². The summed E-state index contributed by atoms with van der Waals surface area (Å²) in [6, 6.07) is 6.20. The van der Waals surface area contributed by atoms with Gasteiger partial charge in [-0.3, -0.25) is 9.59 Å². The van der Waals surface area contributed by atoms with Crippen molar-refractivity contribution in [2.75, 3.05) is 11.1 Å². The van der Waals surface area contributed by atoms with Crippen molar-refractivity contribution in [3.63, 3.8) is 0 Å². The molecule has 1 heterocycles. The molecule has 0 unspecified atom stereocenters. The van der Waals surface area contributed by atoms with Crippen molar-refractivity contribution < 1.29 is 14.0 Å². The summed E-state index contributed by atoms with van der Waals surface area (Å²) < 4.78 is 12.8. The topological polar surface area (TPSA) is 59.1 Å². The monoisotopic (exact) mass is 378 g/mol. The number of ketones is 1. The number of nitrogens with zero attached hydrogens (tertiary/aromatic N) is 1. The highest BCUT2D eigenvalue weighted by Crippen LogP contribution is 2.38. The fraction of sp³-hybridized carbons (Fsp3) is 0.389. The Morgan fingerprint density at radius 2 is 2.04 bits per heavy atom. The zero-order valence-electron chi connectivity index (χ0n) is 14.1. The number of carbonyl (C=O) groups excluding carboxylic acids is 2. The van der Waals surface area contributed by atoms with E-state index in [9.17, 15) is 14.0 Å². The molecule has 132 valence electrons. The molecule has 1 aliphatic rings. The van der Waals surface area contributed by atoms with E-state index in [4.69, 9.17) is 0 Å². The molecule has 2 aromatic rings. The van der Waals surface area contributed by atoms with Crippen LogP contribution in [0, 0.1) is 11.2 Å². The minimum atomic E-state index is -0.271. The SMILES string of the molecule is CC1(C)CC(=O)c2sc(NC(=O)CCSc3ccc(F)cc3)nc2C1. The number of benzene rings is 1. The molecular formula is C18H19FN2O2S2. The molecule has 4 nitrogen and oxygen atoms in total. The lowest BCUT2D eigenvalue weighted by molar-refractivity contribution is -0.115. The highest BCUT2D eigenvalue weighted by molar-refractivity contribution is 7.99. The van der Waals surface area contributed by atoms with Crippen LogP contribution in [0.2, 0.25) is 0 Å². The Morgan fingerprint density at radius 1 is 1.32 bits per heavy atom. The second-order valence-corrected chi connectivity index (χ2v) is 9.00. The molecule has 1 aromatic heterocycles. The van der Waals surface area contributed by atoms with E-state index in [2.05, 4.69) is 24.1 Å². The summed E-state index contributed by atoms with van der Waals surface area (Å²) in [5.41, 5.74) is 0.716. The first-order valence-corrected chi connectivity index (χ1v) is 9.84. The molecule has 1 aromatic carbocycles. The predicted molar refractivity (Wildman–Crippen MR) is 98.9 cm³/mol. The van der Waals surface area contributed by atoms with Crippen molar-refractivity contribution in [2.24, 2.45) is 5.41 Å². The van der Waals surface area contributed by atoms with E-state index in [0.29, 0.717) is 28.6 Å². The summed E-state index contributed by atoms with van der Waals surface area (Å²) in [6.45, 7) is 4.11. The van der Waals surface area contributed by atoms with Gasteiger partial charge in [0, 0.05) is 23.5 Å². The molecule has 25 heavy (non-hydrogen) atoms. The molecule has 1 aliphatic carbocycles. The number of hydrogen-bond acceptors (Lipinski definition) is 5.